The van der Waals surface area contributed by atoms with E-state index >= 15 is 0 Å². The first-order chi connectivity index (χ1) is 22.1. The van der Waals surface area contributed by atoms with Gasteiger partial charge in [0.15, 0.2) is 0 Å². The van der Waals surface area contributed by atoms with E-state index in [-0.39, 0.29) is 43.4 Å². The van der Waals surface area contributed by atoms with E-state index in [1.54, 1.807) is 24.0 Å². The number of benzene rings is 1. The molecule has 1 aromatic carbocycles. The molecule has 10 nitrogen and oxygen atoms in total. The van der Waals surface area contributed by atoms with Crippen molar-refractivity contribution in [1.29, 1.82) is 0 Å². The summed E-state index contributed by atoms with van der Waals surface area (Å²) in [6.45, 7) is 19.5. The highest BCUT2D eigenvalue weighted by Crippen LogP contribution is 2.59. The molecule has 47 heavy (non-hydrogen) atoms. The predicted octanol–water partition coefficient (Wildman–Crippen LogP) is 4.34. The quantitative estimate of drug-likeness (QED) is 0.214. The number of rotatable bonds is 15. The molecule has 3 aliphatic rings. The number of hydrogen-bond donors (Lipinski definition) is 2. The maximum Gasteiger partial charge on any atom is 0.306 e. The number of carbonyl (C=O) groups is 4. The van der Waals surface area contributed by atoms with Gasteiger partial charge in [0.1, 0.15) is 18.2 Å². The Hall–Kier alpha value is -3.50. The fourth-order valence-corrected chi connectivity index (χ4v) is 8.18. The largest absolute Gasteiger partial charge is 0.463 e. The van der Waals surface area contributed by atoms with Crippen LogP contribution < -0.4 is 5.32 Å². The van der Waals surface area contributed by atoms with Gasteiger partial charge in [0.25, 0.3) is 0 Å². The summed E-state index contributed by atoms with van der Waals surface area (Å²) in [6.07, 6.45) is 5.06. The molecule has 4 rings (SSSR count). The van der Waals surface area contributed by atoms with Crippen molar-refractivity contribution in [3.63, 3.8) is 0 Å². The minimum absolute atomic E-state index is 0.0815. The van der Waals surface area contributed by atoms with Gasteiger partial charge in [-0.3, -0.25) is 19.2 Å². The van der Waals surface area contributed by atoms with Crippen molar-refractivity contribution in [2.75, 3.05) is 19.8 Å². The number of nitrogens with zero attached hydrogens (tertiary/aromatic N) is 2. The van der Waals surface area contributed by atoms with Gasteiger partial charge in [-0.25, -0.2) is 0 Å². The lowest BCUT2D eigenvalue weighted by Crippen LogP contribution is -2.62. The summed E-state index contributed by atoms with van der Waals surface area (Å²) < 4.78 is 12.2. The van der Waals surface area contributed by atoms with Gasteiger partial charge in [-0.1, -0.05) is 63.3 Å². The highest BCUT2D eigenvalue weighted by atomic mass is 16.5. The molecule has 0 unspecified atom stereocenters. The Kier molecular flexibility index (Phi) is 11.1. The Bertz CT molecular complexity index is 1340. The maximum absolute atomic E-state index is 14.8. The van der Waals surface area contributed by atoms with Crippen LogP contribution >= 0.6 is 0 Å². The Morgan fingerprint density at radius 2 is 1.85 bits per heavy atom. The molecule has 10 heteroatoms. The predicted molar refractivity (Wildman–Crippen MR) is 179 cm³/mol. The van der Waals surface area contributed by atoms with Crippen LogP contribution in [-0.4, -0.2) is 87.7 Å². The number of ether oxygens (including phenoxy) is 2. The summed E-state index contributed by atoms with van der Waals surface area (Å²) in [5.74, 6) is -3.21. The second-order valence-electron chi connectivity index (χ2n) is 15.1. The standard InChI is InChI=1S/C37H53N3O7/c1-9-11-17-28(42)46-22-26(25-15-13-12-14-16-25)38-32(43)29-27-18-19-37(47-27)30(29)33(44)40(24(3)21-41)31(37)34(45)39(20-10-2)36(7,8)23-35(4,5)6/h9-10,12-16,24,26-27,29-31,41H,1-2,11,17-23H2,3-8H3,(H,38,43)/t24-,26+,27+,29-,30-,31+,37-/m1/s1. The van der Waals surface area contributed by atoms with E-state index in [2.05, 4.69) is 39.2 Å². The molecule has 3 fully saturated rings. The monoisotopic (exact) mass is 651 g/mol. The SMILES string of the molecule is C=CCCC(=O)OC[C@H](NC(=O)[C@@H]1[C@@H]2CC[C@]3(O2)[C@H](C(=O)N(CC=C)C(C)(C)CC(C)(C)C)N([C@H](C)CO)C(=O)[C@@H]13)c1ccccc1. The Balaban J connectivity index is 1.68. The fourth-order valence-electron chi connectivity index (χ4n) is 8.18. The van der Waals surface area contributed by atoms with Gasteiger partial charge >= 0.3 is 5.97 Å². The molecule has 258 valence electrons. The van der Waals surface area contributed by atoms with E-state index < -0.39 is 59.1 Å². The Morgan fingerprint density at radius 3 is 2.45 bits per heavy atom. The summed E-state index contributed by atoms with van der Waals surface area (Å²) in [7, 11) is 0. The molecule has 0 radical (unpaired) electrons. The Labute approximate surface area is 279 Å². The lowest BCUT2D eigenvalue weighted by Gasteiger charge is -2.46. The summed E-state index contributed by atoms with van der Waals surface area (Å²) in [4.78, 5) is 59.0. The number of fused-ring (bicyclic) bond motifs is 1. The van der Waals surface area contributed by atoms with Crippen molar-refractivity contribution in [1.82, 2.24) is 15.1 Å². The average molecular weight is 652 g/mol. The number of nitrogens with one attached hydrogen (secondary N) is 1. The van der Waals surface area contributed by atoms with Gasteiger partial charge in [0, 0.05) is 18.5 Å². The van der Waals surface area contributed by atoms with Crippen molar-refractivity contribution in [3.05, 3.63) is 61.2 Å². The number of hydrogen-bond acceptors (Lipinski definition) is 7. The molecule has 0 saturated carbocycles. The van der Waals surface area contributed by atoms with Crippen LogP contribution in [0.15, 0.2) is 55.6 Å². The number of aliphatic hydroxyl groups is 1. The normalized spacial score (nSPS) is 26.4. The summed E-state index contributed by atoms with van der Waals surface area (Å²) in [5, 5.41) is 13.3. The van der Waals surface area contributed by atoms with Crippen molar-refractivity contribution in [2.24, 2.45) is 17.3 Å². The van der Waals surface area contributed by atoms with Crippen LogP contribution in [0.1, 0.15) is 85.3 Å². The van der Waals surface area contributed by atoms with Gasteiger partial charge in [0.05, 0.1) is 36.6 Å². The molecule has 2 N–H and O–H groups in total. The molecule has 0 aliphatic carbocycles. The van der Waals surface area contributed by atoms with Crippen molar-refractivity contribution >= 4 is 23.7 Å². The second-order valence-corrected chi connectivity index (χ2v) is 15.1. The summed E-state index contributed by atoms with van der Waals surface area (Å²) in [6, 6.07) is 6.87. The highest BCUT2D eigenvalue weighted by Gasteiger charge is 2.75. The molecular weight excluding hydrogens is 598 g/mol. The molecule has 1 spiro atoms. The van der Waals surface area contributed by atoms with Crippen LogP contribution in [-0.2, 0) is 28.7 Å². The first-order valence-electron chi connectivity index (χ1n) is 16.8. The number of amides is 3. The number of likely N-dealkylation sites (tertiary alicyclic amines) is 1. The van der Waals surface area contributed by atoms with Gasteiger partial charge in [0.2, 0.25) is 17.7 Å². The van der Waals surface area contributed by atoms with Crippen LogP contribution in [0.25, 0.3) is 0 Å². The zero-order valence-electron chi connectivity index (χ0n) is 28.9. The van der Waals surface area contributed by atoms with E-state index in [0.29, 0.717) is 25.7 Å². The second kappa shape index (κ2) is 14.3. The minimum Gasteiger partial charge on any atom is -0.463 e. The van der Waals surface area contributed by atoms with Crippen LogP contribution in [0.2, 0.25) is 0 Å². The molecule has 2 bridgehead atoms. The third-order valence-electron chi connectivity index (χ3n) is 9.77. The molecule has 3 amide bonds. The molecule has 7 atom stereocenters. The molecule has 3 heterocycles. The summed E-state index contributed by atoms with van der Waals surface area (Å²) in [5.41, 5.74) is -1.15. The number of aliphatic hydroxyl groups excluding tert-OH is 1. The van der Waals surface area contributed by atoms with Crippen LogP contribution in [0, 0.1) is 17.3 Å². The zero-order chi connectivity index (χ0) is 34.7. The van der Waals surface area contributed by atoms with E-state index in [4.69, 9.17) is 9.47 Å². The van der Waals surface area contributed by atoms with Crippen molar-refractivity contribution in [2.45, 2.75) is 109 Å². The lowest BCUT2D eigenvalue weighted by molar-refractivity contribution is -0.155. The van der Waals surface area contributed by atoms with Gasteiger partial charge in [-0.05, 0) is 57.4 Å². The maximum atomic E-state index is 14.8. The Morgan fingerprint density at radius 1 is 1.17 bits per heavy atom. The fraction of sp³-hybridized carbons (Fsp3) is 0.622. The van der Waals surface area contributed by atoms with Crippen molar-refractivity contribution < 1.29 is 33.8 Å². The number of allylic oxidation sites excluding steroid dienone is 1. The molecule has 3 aliphatic heterocycles. The van der Waals surface area contributed by atoms with E-state index in [9.17, 15) is 24.3 Å². The number of carbonyl (C=O) groups excluding carboxylic acids is 4. The summed E-state index contributed by atoms with van der Waals surface area (Å²) >= 11 is 0. The minimum atomic E-state index is -1.22. The van der Waals surface area contributed by atoms with E-state index in [0.717, 1.165) is 5.56 Å². The van der Waals surface area contributed by atoms with Crippen molar-refractivity contribution in [3.8, 4) is 0 Å². The third kappa shape index (κ3) is 7.33. The molecular formula is C37H53N3O7. The topological polar surface area (TPSA) is 125 Å². The highest BCUT2D eigenvalue weighted by molar-refractivity contribution is 5.99. The van der Waals surface area contributed by atoms with Gasteiger partial charge in [-0.15, -0.1) is 13.2 Å². The molecule has 3 saturated heterocycles. The lowest BCUT2D eigenvalue weighted by atomic mass is 9.70. The molecule has 1 aromatic rings. The first kappa shape index (κ1) is 36.3. The zero-order valence-corrected chi connectivity index (χ0v) is 28.9. The average Bonchev–Trinajstić information content (AvgIpc) is 3.66. The van der Waals surface area contributed by atoms with E-state index in [1.807, 2.05) is 44.2 Å². The smallest absolute Gasteiger partial charge is 0.306 e. The van der Waals surface area contributed by atoms with Crippen LogP contribution in [0.3, 0.4) is 0 Å². The van der Waals surface area contributed by atoms with E-state index in [1.165, 1.54) is 4.90 Å². The van der Waals surface area contributed by atoms with Gasteiger partial charge < -0.3 is 29.7 Å². The van der Waals surface area contributed by atoms with Crippen LogP contribution in [0.4, 0.5) is 0 Å². The number of esters is 1. The molecule has 0 aromatic heterocycles. The first-order valence-corrected chi connectivity index (χ1v) is 16.8. The van der Waals surface area contributed by atoms with Gasteiger partial charge in [-0.2, -0.15) is 0 Å². The van der Waals surface area contributed by atoms with Crippen LogP contribution in [0.5, 0.6) is 0 Å². The third-order valence-corrected chi connectivity index (χ3v) is 9.77.